The van der Waals surface area contributed by atoms with Crippen molar-refractivity contribution in [3.8, 4) is 0 Å². The van der Waals surface area contributed by atoms with Gasteiger partial charge in [0.1, 0.15) is 5.52 Å². The van der Waals surface area contributed by atoms with Gasteiger partial charge in [0.2, 0.25) is 0 Å². The molecule has 0 amide bonds. The van der Waals surface area contributed by atoms with Crippen LogP contribution in [0.25, 0.3) is 11.1 Å². The lowest BCUT2D eigenvalue weighted by molar-refractivity contribution is 0.489. The number of aromatic nitrogens is 1. The molecule has 1 aliphatic carbocycles. The van der Waals surface area contributed by atoms with Gasteiger partial charge in [-0.05, 0) is 66.4 Å². The highest BCUT2D eigenvalue weighted by Crippen LogP contribution is 2.33. The fourth-order valence-electron chi connectivity index (χ4n) is 2.68. The lowest BCUT2D eigenvalue weighted by Crippen LogP contribution is -1.82. The summed E-state index contributed by atoms with van der Waals surface area (Å²) in [7, 11) is 0. The van der Waals surface area contributed by atoms with Crippen LogP contribution in [0.1, 0.15) is 17.5 Å². The fraction of sp³-hybridized carbons (Fsp3) is 0.188. The number of hydrogen-bond donors (Lipinski definition) is 1. The first-order chi connectivity index (χ1) is 9.78. The maximum Gasteiger partial charge on any atom is 0.261 e. The Balaban J connectivity index is 1.66. The van der Waals surface area contributed by atoms with E-state index in [1.54, 1.807) is 11.8 Å². The first kappa shape index (κ1) is 11.9. The van der Waals surface area contributed by atoms with E-state index >= 15 is 0 Å². The van der Waals surface area contributed by atoms with Gasteiger partial charge in [-0.2, -0.15) is 0 Å². The van der Waals surface area contributed by atoms with Gasteiger partial charge in [0.25, 0.3) is 5.22 Å². The molecule has 3 nitrogen and oxygen atoms in total. The number of fused-ring (bicyclic) bond motifs is 2. The third kappa shape index (κ3) is 2.06. The van der Waals surface area contributed by atoms with Gasteiger partial charge < -0.3 is 10.2 Å². The lowest BCUT2D eigenvalue weighted by Gasteiger charge is -2.01. The van der Waals surface area contributed by atoms with Crippen molar-refractivity contribution in [3.05, 3.63) is 47.5 Å². The van der Waals surface area contributed by atoms with Crippen LogP contribution in [0.5, 0.6) is 0 Å². The molecule has 0 saturated carbocycles. The van der Waals surface area contributed by atoms with Crippen LogP contribution in [0.3, 0.4) is 0 Å². The predicted molar refractivity (Wildman–Crippen MR) is 81.0 cm³/mol. The van der Waals surface area contributed by atoms with Crippen LogP contribution in [-0.4, -0.2) is 4.98 Å². The third-order valence-corrected chi connectivity index (χ3v) is 4.51. The molecule has 100 valence electrons. The smallest absolute Gasteiger partial charge is 0.261 e. The molecule has 4 heteroatoms. The molecule has 20 heavy (non-hydrogen) atoms. The van der Waals surface area contributed by atoms with Crippen molar-refractivity contribution in [1.29, 1.82) is 0 Å². The standard InChI is InChI=1S/C16H14N2OS/c17-12-5-7-14-15(9-12)19-16(18-14)20-13-6-4-10-2-1-3-11(10)8-13/h4-9H,1-3,17H2. The van der Waals surface area contributed by atoms with Gasteiger partial charge in [0, 0.05) is 16.6 Å². The third-order valence-electron chi connectivity index (χ3n) is 3.67. The molecule has 2 N–H and O–H groups in total. The normalized spacial score (nSPS) is 13.8. The largest absolute Gasteiger partial charge is 0.431 e. The number of nitrogen functional groups attached to an aromatic ring is 1. The molecule has 2 aromatic carbocycles. The zero-order chi connectivity index (χ0) is 13.5. The minimum Gasteiger partial charge on any atom is -0.431 e. The Morgan fingerprint density at radius 2 is 1.95 bits per heavy atom. The number of hydrogen-bond acceptors (Lipinski definition) is 4. The van der Waals surface area contributed by atoms with Crippen LogP contribution >= 0.6 is 11.8 Å². The zero-order valence-corrected chi connectivity index (χ0v) is 11.7. The Hall–Kier alpha value is -1.94. The first-order valence-electron chi connectivity index (χ1n) is 6.74. The van der Waals surface area contributed by atoms with E-state index in [0.29, 0.717) is 10.9 Å². The molecule has 1 aliphatic rings. The van der Waals surface area contributed by atoms with Gasteiger partial charge in [-0.25, -0.2) is 4.98 Å². The Kier molecular flexibility index (Phi) is 2.70. The number of benzene rings is 2. The molecule has 4 rings (SSSR count). The Bertz CT molecular complexity index is 794. The van der Waals surface area contributed by atoms with Crippen LogP contribution in [0.15, 0.2) is 50.9 Å². The van der Waals surface area contributed by atoms with Gasteiger partial charge in [-0.15, -0.1) is 0 Å². The highest BCUT2D eigenvalue weighted by atomic mass is 32.2. The lowest BCUT2D eigenvalue weighted by atomic mass is 10.1. The summed E-state index contributed by atoms with van der Waals surface area (Å²) in [5, 5.41) is 0.670. The molecule has 0 fully saturated rings. The van der Waals surface area contributed by atoms with Gasteiger partial charge in [-0.1, -0.05) is 6.07 Å². The number of nitrogens with two attached hydrogens (primary N) is 1. The molecular weight excluding hydrogens is 268 g/mol. The van der Waals surface area contributed by atoms with Gasteiger partial charge >= 0.3 is 0 Å². The fourth-order valence-corrected chi connectivity index (χ4v) is 3.49. The maximum absolute atomic E-state index is 5.75. The van der Waals surface area contributed by atoms with E-state index in [1.807, 2.05) is 18.2 Å². The molecule has 0 spiro atoms. The van der Waals surface area contributed by atoms with E-state index in [0.717, 1.165) is 11.1 Å². The Morgan fingerprint density at radius 3 is 2.90 bits per heavy atom. The summed E-state index contributed by atoms with van der Waals surface area (Å²) in [5.41, 5.74) is 11.0. The summed E-state index contributed by atoms with van der Waals surface area (Å²) in [4.78, 5) is 5.67. The van der Waals surface area contributed by atoms with Crippen LogP contribution < -0.4 is 5.73 Å². The van der Waals surface area contributed by atoms with Crippen molar-refractivity contribution >= 4 is 28.5 Å². The molecule has 0 radical (unpaired) electrons. The van der Waals surface area contributed by atoms with Gasteiger partial charge in [0.05, 0.1) is 0 Å². The van der Waals surface area contributed by atoms with Crippen LogP contribution in [0.2, 0.25) is 0 Å². The van der Waals surface area contributed by atoms with E-state index in [1.165, 1.54) is 35.3 Å². The van der Waals surface area contributed by atoms with Crippen molar-refractivity contribution in [2.45, 2.75) is 29.4 Å². The molecule has 3 aromatic rings. The summed E-state index contributed by atoms with van der Waals surface area (Å²) in [6, 6.07) is 12.2. The van der Waals surface area contributed by atoms with Crippen LogP contribution in [-0.2, 0) is 12.8 Å². The Labute approximate surface area is 121 Å². The van der Waals surface area contributed by atoms with Crippen molar-refractivity contribution in [1.82, 2.24) is 4.98 Å². The highest BCUT2D eigenvalue weighted by Gasteiger charge is 2.13. The second-order valence-corrected chi connectivity index (χ2v) is 6.12. The van der Waals surface area contributed by atoms with Crippen molar-refractivity contribution in [2.75, 3.05) is 5.73 Å². The molecule has 0 saturated heterocycles. The average molecular weight is 282 g/mol. The highest BCUT2D eigenvalue weighted by molar-refractivity contribution is 7.99. The summed E-state index contributed by atoms with van der Waals surface area (Å²) >= 11 is 1.57. The topological polar surface area (TPSA) is 52.0 Å². The molecular formula is C16H14N2OS. The molecule has 0 atom stereocenters. The summed E-state index contributed by atoms with van der Waals surface area (Å²) in [5.74, 6) is 0. The number of rotatable bonds is 2. The summed E-state index contributed by atoms with van der Waals surface area (Å²) < 4.78 is 5.74. The van der Waals surface area contributed by atoms with E-state index in [-0.39, 0.29) is 0 Å². The van der Waals surface area contributed by atoms with E-state index in [9.17, 15) is 0 Å². The zero-order valence-electron chi connectivity index (χ0n) is 10.9. The molecule has 1 heterocycles. The van der Waals surface area contributed by atoms with Crippen LogP contribution in [0, 0.1) is 0 Å². The van der Waals surface area contributed by atoms with Crippen molar-refractivity contribution in [3.63, 3.8) is 0 Å². The summed E-state index contributed by atoms with van der Waals surface area (Å²) in [6.45, 7) is 0. The second kappa shape index (κ2) is 4.56. The SMILES string of the molecule is Nc1ccc2nc(Sc3ccc4c(c3)CCC4)oc2c1. The molecule has 0 unspecified atom stereocenters. The van der Waals surface area contributed by atoms with Gasteiger partial charge in [-0.3, -0.25) is 0 Å². The van der Waals surface area contributed by atoms with Crippen LogP contribution in [0.4, 0.5) is 5.69 Å². The number of nitrogens with zero attached hydrogens (tertiary/aromatic N) is 1. The molecule has 1 aromatic heterocycles. The Morgan fingerprint density at radius 1 is 1.05 bits per heavy atom. The maximum atomic E-state index is 5.75. The van der Waals surface area contributed by atoms with E-state index in [4.69, 9.17) is 10.2 Å². The second-order valence-electron chi connectivity index (χ2n) is 5.09. The number of oxazole rings is 1. The predicted octanol–water partition coefficient (Wildman–Crippen LogP) is 4.05. The minimum atomic E-state index is 0.670. The average Bonchev–Trinajstić information content (AvgIpc) is 3.03. The monoisotopic (exact) mass is 282 g/mol. The summed E-state index contributed by atoms with van der Waals surface area (Å²) in [6.07, 6.45) is 3.67. The van der Waals surface area contributed by atoms with E-state index < -0.39 is 0 Å². The first-order valence-corrected chi connectivity index (χ1v) is 7.55. The van der Waals surface area contributed by atoms with Crippen molar-refractivity contribution < 1.29 is 4.42 Å². The minimum absolute atomic E-state index is 0.670. The number of anilines is 1. The quantitative estimate of drug-likeness (QED) is 0.720. The molecule has 0 bridgehead atoms. The molecule has 0 aliphatic heterocycles. The van der Waals surface area contributed by atoms with E-state index in [2.05, 4.69) is 23.2 Å². The number of aryl methyl sites for hydroxylation is 2. The van der Waals surface area contributed by atoms with Crippen molar-refractivity contribution in [2.24, 2.45) is 0 Å². The van der Waals surface area contributed by atoms with Gasteiger partial charge in [0.15, 0.2) is 5.58 Å².